The van der Waals surface area contributed by atoms with Crippen molar-refractivity contribution in [3.8, 4) is 0 Å². The van der Waals surface area contributed by atoms with Crippen molar-refractivity contribution in [3.05, 3.63) is 71.5 Å². The lowest BCUT2D eigenvalue weighted by atomic mass is 10.0. The van der Waals surface area contributed by atoms with Gasteiger partial charge in [-0.15, -0.1) is 0 Å². The highest BCUT2D eigenvalue weighted by Crippen LogP contribution is 2.11. The van der Waals surface area contributed by atoms with Crippen molar-refractivity contribution in [2.75, 3.05) is 7.11 Å². The standard InChI is InChI=1S/C24H29FN2O5/c1-24(2,3)32-23(30)27-19(14-17-10-12-18(25)13-11-17)21(28)26-20(22(29)31-4)15-16-8-6-5-7-9-16/h5-13,19-20H,14-15H2,1-4H3,(H,26,28)(H,27,30)/t19-,20-/m0/s1/i1D. The first-order valence-corrected chi connectivity index (χ1v) is 10.1. The fourth-order valence-corrected chi connectivity index (χ4v) is 2.95. The molecular formula is C24H29FN2O5. The Hall–Kier alpha value is -3.42. The van der Waals surface area contributed by atoms with Gasteiger partial charge in [-0.2, -0.15) is 0 Å². The Morgan fingerprint density at radius 2 is 1.56 bits per heavy atom. The van der Waals surface area contributed by atoms with E-state index in [4.69, 9.17) is 10.8 Å². The highest BCUT2D eigenvalue weighted by atomic mass is 19.1. The molecule has 0 fully saturated rings. The lowest BCUT2D eigenvalue weighted by molar-refractivity contribution is -0.145. The summed E-state index contributed by atoms with van der Waals surface area (Å²) in [6.07, 6.45) is -0.659. The van der Waals surface area contributed by atoms with Crippen molar-refractivity contribution < 1.29 is 29.6 Å². The molecule has 8 heteroatoms. The quantitative estimate of drug-likeness (QED) is 0.609. The van der Waals surface area contributed by atoms with Crippen LogP contribution in [-0.4, -0.2) is 42.8 Å². The molecule has 32 heavy (non-hydrogen) atoms. The molecule has 0 saturated heterocycles. The van der Waals surface area contributed by atoms with E-state index in [1.165, 1.54) is 31.4 Å². The molecule has 2 N–H and O–H groups in total. The summed E-state index contributed by atoms with van der Waals surface area (Å²) in [6.45, 7) is 2.97. The van der Waals surface area contributed by atoms with Gasteiger partial charge in [0.1, 0.15) is 23.5 Å². The summed E-state index contributed by atoms with van der Waals surface area (Å²) in [5, 5.41) is 5.13. The second kappa shape index (κ2) is 11.3. The number of halogens is 1. The molecular weight excluding hydrogens is 415 g/mol. The number of benzene rings is 2. The number of amides is 2. The molecule has 0 unspecified atom stereocenters. The first-order chi connectivity index (χ1) is 15.6. The molecule has 0 saturated carbocycles. The number of rotatable bonds is 8. The van der Waals surface area contributed by atoms with Crippen LogP contribution in [-0.2, 0) is 31.9 Å². The lowest BCUT2D eigenvalue weighted by Crippen LogP contribution is -2.53. The predicted molar refractivity (Wildman–Crippen MR) is 117 cm³/mol. The van der Waals surface area contributed by atoms with Crippen molar-refractivity contribution in [1.82, 2.24) is 10.6 Å². The van der Waals surface area contributed by atoms with E-state index >= 15 is 0 Å². The summed E-state index contributed by atoms with van der Waals surface area (Å²) in [6, 6.07) is 12.5. The molecule has 0 spiro atoms. The minimum absolute atomic E-state index is 0.0295. The normalized spacial score (nSPS) is 13.3. The van der Waals surface area contributed by atoms with Gasteiger partial charge in [0.15, 0.2) is 0 Å². The fraction of sp³-hybridized carbons (Fsp3) is 0.375. The smallest absolute Gasteiger partial charge is 0.408 e. The maximum absolute atomic E-state index is 13.3. The number of ether oxygens (including phenoxy) is 2. The molecule has 2 rings (SSSR count). The number of hydrogen-bond acceptors (Lipinski definition) is 5. The van der Waals surface area contributed by atoms with Crippen LogP contribution in [0.4, 0.5) is 9.18 Å². The van der Waals surface area contributed by atoms with E-state index in [1.54, 1.807) is 13.8 Å². The van der Waals surface area contributed by atoms with Gasteiger partial charge in [-0.05, 0) is 44.0 Å². The second-order valence-electron chi connectivity index (χ2n) is 7.95. The monoisotopic (exact) mass is 445 g/mol. The van der Waals surface area contributed by atoms with Crippen LogP contribution in [0.3, 0.4) is 0 Å². The van der Waals surface area contributed by atoms with Crippen molar-refractivity contribution in [2.45, 2.75) is 51.3 Å². The number of alkyl carbamates (subject to hydrolysis) is 1. The molecule has 7 nitrogen and oxygen atoms in total. The minimum Gasteiger partial charge on any atom is -0.467 e. The van der Waals surface area contributed by atoms with Gasteiger partial charge < -0.3 is 20.1 Å². The van der Waals surface area contributed by atoms with Crippen molar-refractivity contribution >= 4 is 18.0 Å². The third kappa shape index (κ3) is 8.37. The summed E-state index contributed by atoms with van der Waals surface area (Å²) in [4.78, 5) is 37.8. The summed E-state index contributed by atoms with van der Waals surface area (Å²) in [7, 11) is 1.22. The maximum Gasteiger partial charge on any atom is 0.408 e. The lowest BCUT2D eigenvalue weighted by Gasteiger charge is -2.25. The van der Waals surface area contributed by atoms with Gasteiger partial charge in [0, 0.05) is 14.2 Å². The van der Waals surface area contributed by atoms with Gasteiger partial charge in [0.25, 0.3) is 0 Å². The Bertz CT molecular complexity index is 938. The number of hydrogen-bond donors (Lipinski definition) is 2. The Balaban J connectivity index is 2.20. The fourth-order valence-electron chi connectivity index (χ4n) is 2.95. The zero-order valence-electron chi connectivity index (χ0n) is 19.4. The third-order valence-electron chi connectivity index (χ3n) is 4.42. The second-order valence-corrected chi connectivity index (χ2v) is 7.95. The Kier molecular flexibility index (Phi) is 8.19. The van der Waals surface area contributed by atoms with Gasteiger partial charge >= 0.3 is 12.1 Å². The average Bonchev–Trinajstić information content (AvgIpc) is 2.79. The molecule has 0 heterocycles. The Morgan fingerprint density at radius 3 is 2.16 bits per heavy atom. The first-order valence-electron chi connectivity index (χ1n) is 10.8. The van der Waals surface area contributed by atoms with E-state index in [0.717, 1.165) is 5.56 Å². The molecule has 2 aromatic carbocycles. The van der Waals surface area contributed by atoms with E-state index in [-0.39, 0.29) is 19.7 Å². The van der Waals surface area contributed by atoms with Gasteiger partial charge in [-0.25, -0.2) is 14.0 Å². The molecule has 172 valence electrons. The number of methoxy groups -OCH3 is 1. The highest BCUT2D eigenvalue weighted by molar-refractivity contribution is 5.90. The average molecular weight is 446 g/mol. The molecule has 2 amide bonds. The molecule has 2 aromatic rings. The number of esters is 1. The van der Waals surface area contributed by atoms with Crippen LogP contribution in [0.1, 0.15) is 33.2 Å². The predicted octanol–water partition coefficient (Wildman–Crippen LogP) is 3.16. The molecule has 2 atom stereocenters. The van der Waals surface area contributed by atoms with Crippen LogP contribution >= 0.6 is 0 Å². The number of carbonyl (C=O) groups excluding carboxylic acids is 3. The van der Waals surface area contributed by atoms with E-state index in [0.29, 0.717) is 5.56 Å². The largest absolute Gasteiger partial charge is 0.467 e. The van der Waals surface area contributed by atoms with Crippen molar-refractivity contribution in [2.24, 2.45) is 0 Å². The van der Waals surface area contributed by atoms with Crippen molar-refractivity contribution in [3.63, 3.8) is 0 Å². The molecule has 0 bridgehead atoms. The minimum atomic E-state index is -1.12. The van der Waals surface area contributed by atoms with E-state index in [1.807, 2.05) is 30.3 Å². The topological polar surface area (TPSA) is 93.7 Å². The van der Waals surface area contributed by atoms with E-state index < -0.39 is 41.5 Å². The van der Waals surface area contributed by atoms with Crippen LogP contribution in [0.2, 0.25) is 0 Å². The maximum atomic E-state index is 13.3. The zero-order valence-corrected chi connectivity index (χ0v) is 18.4. The van der Waals surface area contributed by atoms with Gasteiger partial charge in [0.05, 0.1) is 7.11 Å². The first kappa shape index (κ1) is 23.2. The van der Waals surface area contributed by atoms with Crippen molar-refractivity contribution in [1.29, 1.82) is 0 Å². The Morgan fingerprint density at radius 1 is 0.969 bits per heavy atom. The zero-order chi connectivity index (χ0) is 24.4. The SMILES string of the molecule is [2H]CC(C)(C)OC(=O)N[C@@H](Cc1ccc(F)cc1)C(=O)N[C@@H](Cc1ccccc1)C(=O)OC. The molecule has 0 aliphatic heterocycles. The van der Waals surface area contributed by atoms with E-state index in [2.05, 4.69) is 10.6 Å². The molecule has 0 radical (unpaired) electrons. The third-order valence-corrected chi connectivity index (χ3v) is 4.42. The molecule has 0 aliphatic carbocycles. The van der Waals surface area contributed by atoms with E-state index in [9.17, 15) is 18.8 Å². The van der Waals surface area contributed by atoms with Crippen LogP contribution in [0.5, 0.6) is 0 Å². The molecule has 0 aliphatic rings. The van der Waals surface area contributed by atoms with Gasteiger partial charge in [0.2, 0.25) is 5.91 Å². The Labute approximate surface area is 188 Å². The highest BCUT2D eigenvalue weighted by Gasteiger charge is 2.29. The number of nitrogens with one attached hydrogen (secondary N) is 2. The van der Waals surface area contributed by atoms with Crippen LogP contribution in [0.25, 0.3) is 0 Å². The van der Waals surface area contributed by atoms with Gasteiger partial charge in [-0.3, -0.25) is 4.79 Å². The summed E-state index contributed by atoms with van der Waals surface area (Å²) in [5.41, 5.74) is 0.352. The van der Waals surface area contributed by atoms with Gasteiger partial charge in [-0.1, -0.05) is 42.5 Å². The summed E-state index contributed by atoms with van der Waals surface area (Å²) in [5.74, 6) is -1.70. The summed E-state index contributed by atoms with van der Waals surface area (Å²) < 4.78 is 30.8. The molecule has 0 aromatic heterocycles. The number of carbonyl (C=O) groups is 3. The van der Waals surface area contributed by atoms with Crippen LogP contribution in [0, 0.1) is 5.82 Å². The van der Waals surface area contributed by atoms with Crippen LogP contribution in [0.15, 0.2) is 54.6 Å². The van der Waals surface area contributed by atoms with Crippen LogP contribution < -0.4 is 10.6 Å². The summed E-state index contributed by atoms with van der Waals surface area (Å²) >= 11 is 0.